The zero-order chi connectivity index (χ0) is 9.14. The lowest BCUT2D eigenvalue weighted by molar-refractivity contribution is -0.147. The monoisotopic (exact) mass is 173 g/mol. The van der Waals surface area contributed by atoms with E-state index < -0.39 is 6.61 Å². The number of carbonyl (C=O) groups excluding carboxylic acids is 1. The molecule has 1 fully saturated rings. The highest BCUT2D eigenvalue weighted by Gasteiger charge is 2.28. The van der Waals surface area contributed by atoms with Gasteiger partial charge in [-0.3, -0.25) is 4.79 Å². The largest absolute Gasteiger partial charge is 0.387 e. The third-order valence-electron chi connectivity index (χ3n) is 2.09. The first-order valence-corrected chi connectivity index (χ1v) is 4.16. The van der Waals surface area contributed by atoms with Crippen LogP contribution in [0.1, 0.15) is 13.8 Å². The summed E-state index contributed by atoms with van der Waals surface area (Å²) in [4.78, 5) is 12.9. The Hall–Kier alpha value is -0.610. The van der Waals surface area contributed by atoms with Crippen molar-refractivity contribution in [2.24, 2.45) is 0 Å². The highest BCUT2D eigenvalue weighted by Crippen LogP contribution is 2.12. The van der Waals surface area contributed by atoms with E-state index in [0.29, 0.717) is 13.2 Å². The fraction of sp³-hybridized carbons (Fsp3) is 0.875. The Kier molecular flexibility index (Phi) is 3.05. The van der Waals surface area contributed by atoms with Gasteiger partial charge in [0, 0.05) is 0 Å². The maximum Gasteiger partial charge on any atom is 0.248 e. The molecule has 1 saturated heterocycles. The molecule has 0 aromatic carbocycles. The maximum absolute atomic E-state index is 11.2. The fourth-order valence-electron chi connectivity index (χ4n) is 1.58. The summed E-state index contributed by atoms with van der Waals surface area (Å²) in [6.45, 7) is 4.56. The second kappa shape index (κ2) is 3.87. The summed E-state index contributed by atoms with van der Waals surface area (Å²) < 4.78 is 5.24. The predicted molar refractivity (Wildman–Crippen MR) is 43.7 cm³/mol. The van der Waals surface area contributed by atoms with Gasteiger partial charge in [-0.2, -0.15) is 0 Å². The molecular weight excluding hydrogens is 158 g/mol. The second-order valence-corrected chi connectivity index (χ2v) is 3.19. The molecule has 0 saturated carbocycles. The molecule has 12 heavy (non-hydrogen) atoms. The van der Waals surface area contributed by atoms with Crippen molar-refractivity contribution in [3.8, 4) is 0 Å². The second-order valence-electron chi connectivity index (χ2n) is 3.19. The van der Waals surface area contributed by atoms with Crippen LogP contribution in [0, 0.1) is 0 Å². The lowest BCUT2D eigenvalue weighted by Crippen LogP contribution is -2.53. The van der Waals surface area contributed by atoms with Gasteiger partial charge < -0.3 is 14.7 Å². The Morgan fingerprint density at radius 1 is 1.50 bits per heavy atom. The Labute approximate surface area is 72.1 Å². The fourth-order valence-corrected chi connectivity index (χ4v) is 1.58. The highest BCUT2D eigenvalue weighted by molar-refractivity contribution is 5.77. The summed E-state index contributed by atoms with van der Waals surface area (Å²) in [6, 6.07) is 0.154. The van der Waals surface area contributed by atoms with Gasteiger partial charge in [0.25, 0.3) is 0 Å². The molecule has 0 aliphatic carbocycles. The van der Waals surface area contributed by atoms with Crippen molar-refractivity contribution in [1.29, 1.82) is 0 Å². The lowest BCUT2D eigenvalue weighted by atomic mass is 10.2. The lowest BCUT2D eigenvalue weighted by Gasteiger charge is -2.38. The number of hydrogen-bond acceptors (Lipinski definition) is 3. The molecule has 4 heteroatoms. The molecule has 2 unspecified atom stereocenters. The number of nitrogens with zero attached hydrogens (tertiary/aromatic N) is 1. The van der Waals surface area contributed by atoms with Gasteiger partial charge in [0.2, 0.25) is 5.91 Å². The first kappa shape index (κ1) is 9.48. The van der Waals surface area contributed by atoms with E-state index in [1.165, 1.54) is 0 Å². The first-order valence-electron chi connectivity index (χ1n) is 4.16. The van der Waals surface area contributed by atoms with Crippen LogP contribution in [0.25, 0.3) is 0 Å². The van der Waals surface area contributed by atoms with E-state index in [9.17, 15) is 4.79 Å². The molecule has 1 rings (SSSR count). The Morgan fingerprint density at radius 3 is 2.42 bits per heavy atom. The van der Waals surface area contributed by atoms with Crippen LogP contribution in [0.2, 0.25) is 0 Å². The zero-order valence-corrected chi connectivity index (χ0v) is 7.49. The third-order valence-corrected chi connectivity index (χ3v) is 2.09. The molecule has 1 aliphatic rings. The SMILES string of the molecule is CC1COCC(C)N1C(=O)CO. The van der Waals surface area contributed by atoms with Crippen LogP contribution in [-0.4, -0.2) is 47.8 Å². The van der Waals surface area contributed by atoms with Crippen molar-refractivity contribution in [3.05, 3.63) is 0 Å². The van der Waals surface area contributed by atoms with E-state index in [1.54, 1.807) is 4.90 Å². The quantitative estimate of drug-likeness (QED) is 0.587. The highest BCUT2D eigenvalue weighted by atomic mass is 16.5. The Bertz CT molecular complexity index is 162. The Balaban J connectivity index is 2.62. The van der Waals surface area contributed by atoms with Crippen LogP contribution in [0.5, 0.6) is 0 Å². The average Bonchev–Trinajstić information content (AvgIpc) is 2.03. The van der Waals surface area contributed by atoms with Gasteiger partial charge in [-0.1, -0.05) is 0 Å². The van der Waals surface area contributed by atoms with Crippen LogP contribution < -0.4 is 0 Å². The van der Waals surface area contributed by atoms with E-state index in [4.69, 9.17) is 9.84 Å². The number of aliphatic hydroxyl groups excluding tert-OH is 1. The van der Waals surface area contributed by atoms with Crippen LogP contribution in [0.4, 0.5) is 0 Å². The van der Waals surface area contributed by atoms with Gasteiger partial charge in [-0.15, -0.1) is 0 Å². The van der Waals surface area contributed by atoms with Crippen molar-refractivity contribution in [2.75, 3.05) is 19.8 Å². The maximum atomic E-state index is 11.2. The molecule has 1 aliphatic heterocycles. The molecule has 1 heterocycles. The Morgan fingerprint density at radius 2 is 2.00 bits per heavy atom. The number of morpholine rings is 1. The van der Waals surface area contributed by atoms with Crippen molar-refractivity contribution in [3.63, 3.8) is 0 Å². The smallest absolute Gasteiger partial charge is 0.248 e. The van der Waals surface area contributed by atoms with E-state index in [0.717, 1.165) is 0 Å². The molecule has 0 aromatic heterocycles. The van der Waals surface area contributed by atoms with Crippen LogP contribution >= 0.6 is 0 Å². The minimum atomic E-state index is -0.408. The molecule has 1 N–H and O–H groups in total. The molecule has 0 bridgehead atoms. The zero-order valence-electron chi connectivity index (χ0n) is 7.49. The molecule has 2 atom stereocenters. The van der Waals surface area contributed by atoms with Gasteiger partial charge >= 0.3 is 0 Å². The van der Waals surface area contributed by atoms with Crippen LogP contribution in [0.3, 0.4) is 0 Å². The minimum absolute atomic E-state index is 0.0772. The van der Waals surface area contributed by atoms with E-state index >= 15 is 0 Å². The third kappa shape index (κ3) is 1.76. The molecular formula is C8H15NO3. The number of hydrogen-bond donors (Lipinski definition) is 1. The summed E-state index contributed by atoms with van der Waals surface area (Å²) in [5, 5.41) is 8.69. The number of amides is 1. The van der Waals surface area contributed by atoms with Gasteiger partial charge in [-0.25, -0.2) is 0 Å². The van der Waals surface area contributed by atoms with Gasteiger partial charge in [0.15, 0.2) is 0 Å². The van der Waals surface area contributed by atoms with Crippen LogP contribution in [0.15, 0.2) is 0 Å². The molecule has 0 spiro atoms. The molecule has 0 radical (unpaired) electrons. The minimum Gasteiger partial charge on any atom is -0.387 e. The molecule has 1 amide bonds. The standard InChI is InChI=1S/C8H15NO3/c1-6-4-12-5-7(2)9(6)8(11)3-10/h6-7,10H,3-5H2,1-2H3. The summed E-state index contributed by atoms with van der Waals surface area (Å²) in [7, 11) is 0. The van der Waals surface area contributed by atoms with E-state index in [1.807, 2.05) is 13.8 Å². The summed E-state index contributed by atoms with van der Waals surface area (Å²) in [6.07, 6.45) is 0. The van der Waals surface area contributed by atoms with Gasteiger partial charge in [0.05, 0.1) is 25.3 Å². The average molecular weight is 173 g/mol. The topological polar surface area (TPSA) is 49.8 Å². The molecule has 4 nitrogen and oxygen atoms in total. The molecule has 0 aromatic rings. The number of aliphatic hydroxyl groups is 1. The van der Waals surface area contributed by atoms with Gasteiger partial charge in [0.1, 0.15) is 6.61 Å². The van der Waals surface area contributed by atoms with Crippen molar-refractivity contribution >= 4 is 5.91 Å². The van der Waals surface area contributed by atoms with Crippen LogP contribution in [-0.2, 0) is 9.53 Å². The molecule has 70 valence electrons. The first-order chi connectivity index (χ1) is 5.66. The van der Waals surface area contributed by atoms with Crippen molar-refractivity contribution in [1.82, 2.24) is 4.90 Å². The van der Waals surface area contributed by atoms with E-state index in [-0.39, 0.29) is 18.0 Å². The number of rotatable bonds is 1. The summed E-state index contributed by atoms with van der Waals surface area (Å²) in [5.41, 5.74) is 0. The predicted octanol–water partition coefficient (Wildman–Crippen LogP) is -0.385. The van der Waals surface area contributed by atoms with E-state index in [2.05, 4.69) is 0 Å². The van der Waals surface area contributed by atoms with Gasteiger partial charge in [-0.05, 0) is 13.8 Å². The summed E-state index contributed by atoms with van der Waals surface area (Å²) >= 11 is 0. The normalized spacial score (nSPS) is 30.4. The van der Waals surface area contributed by atoms with Crippen molar-refractivity contribution < 1.29 is 14.6 Å². The number of ether oxygens (including phenoxy) is 1. The number of carbonyl (C=O) groups is 1. The van der Waals surface area contributed by atoms with Crippen molar-refractivity contribution in [2.45, 2.75) is 25.9 Å². The summed E-state index contributed by atoms with van der Waals surface area (Å²) in [5.74, 6) is -0.210.